The number of nitrogens with zero attached hydrogens (tertiary/aromatic N) is 3. The Labute approximate surface area is 105 Å². The Kier molecular flexibility index (Phi) is 2.66. The average Bonchev–Trinajstić information content (AvgIpc) is 2.67. The molecule has 6 heteroatoms. The van der Waals surface area contributed by atoms with Crippen molar-refractivity contribution < 1.29 is 14.6 Å². The fourth-order valence-electron chi connectivity index (χ4n) is 2.64. The average molecular weight is 249 g/mol. The van der Waals surface area contributed by atoms with Crippen LogP contribution in [-0.2, 0) is 4.74 Å². The van der Waals surface area contributed by atoms with Gasteiger partial charge in [0.25, 0.3) is 0 Å². The Morgan fingerprint density at radius 2 is 2.11 bits per heavy atom. The van der Waals surface area contributed by atoms with Gasteiger partial charge in [-0.05, 0) is 19.8 Å². The van der Waals surface area contributed by atoms with Crippen LogP contribution in [0.25, 0.3) is 0 Å². The van der Waals surface area contributed by atoms with Gasteiger partial charge in [0.15, 0.2) is 0 Å². The van der Waals surface area contributed by atoms with Gasteiger partial charge in [-0.25, -0.2) is 14.8 Å². The summed E-state index contributed by atoms with van der Waals surface area (Å²) in [6.07, 6.45) is 3.90. The first-order valence-electron chi connectivity index (χ1n) is 6.11. The van der Waals surface area contributed by atoms with E-state index in [-0.39, 0.29) is 17.8 Å². The molecule has 2 unspecified atom stereocenters. The van der Waals surface area contributed by atoms with Crippen LogP contribution in [0.2, 0.25) is 0 Å². The second kappa shape index (κ2) is 4.20. The monoisotopic (exact) mass is 249 g/mol. The van der Waals surface area contributed by atoms with E-state index in [1.165, 1.54) is 6.20 Å². The molecule has 18 heavy (non-hydrogen) atoms. The molecule has 0 saturated carbocycles. The second-order valence-corrected chi connectivity index (χ2v) is 4.82. The van der Waals surface area contributed by atoms with Crippen molar-refractivity contribution in [3.8, 4) is 0 Å². The third-order valence-corrected chi connectivity index (χ3v) is 3.46. The van der Waals surface area contributed by atoms with Gasteiger partial charge in [-0.2, -0.15) is 0 Å². The van der Waals surface area contributed by atoms with Gasteiger partial charge in [0.2, 0.25) is 0 Å². The Bertz CT molecular complexity index is 479. The van der Waals surface area contributed by atoms with Gasteiger partial charge in [0, 0.05) is 19.3 Å². The molecule has 2 bridgehead atoms. The van der Waals surface area contributed by atoms with E-state index >= 15 is 0 Å². The maximum absolute atomic E-state index is 11.2. The minimum absolute atomic E-state index is 0.168. The van der Waals surface area contributed by atoms with Crippen LogP contribution in [-0.4, -0.2) is 46.3 Å². The molecular formula is C12H15N3O3. The highest BCUT2D eigenvalue weighted by atomic mass is 16.5. The third-order valence-electron chi connectivity index (χ3n) is 3.46. The topological polar surface area (TPSA) is 75.5 Å². The smallest absolute Gasteiger partial charge is 0.341 e. The fourth-order valence-corrected chi connectivity index (χ4v) is 2.64. The molecule has 0 aliphatic carbocycles. The zero-order valence-electron chi connectivity index (χ0n) is 10.2. The van der Waals surface area contributed by atoms with Gasteiger partial charge in [-0.3, -0.25) is 0 Å². The zero-order valence-corrected chi connectivity index (χ0v) is 10.2. The van der Waals surface area contributed by atoms with Crippen LogP contribution in [0, 0.1) is 6.92 Å². The fraction of sp³-hybridized carbons (Fsp3) is 0.583. The van der Waals surface area contributed by atoms with Crippen molar-refractivity contribution in [3.63, 3.8) is 0 Å². The van der Waals surface area contributed by atoms with Gasteiger partial charge in [-0.1, -0.05) is 0 Å². The number of hydrogen-bond acceptors (Lipinski definition) is 5. The van der Waals surface area contributed by atoms with Gasteiger partial charge in [0.05, 0.1) is 12.2 Å². The molecule has 2 saturated heterocycles. The first-order chi connectivity index (χ1) is 8.63. The molecule has 6 nitrogen and oxygen atoms in total. The standard InChI is InChI=1S/C12H15N3O3/c1-7-13-4-10(12(16)17)11(14-7)15-5-8-2-3-9(6-15)18-8/h4,8-9H,2-3,5-6H2,1H3,(H,16,17). The van der Waals surface area contributed by atoms with Crippen molar-refractivity contribution in [2.45, 2.75) is 32.0 Å². The summed E-state index contributed by atoms with van der Waals surface area (Å²) in [7, 11) is 0. The summed E-state index contributed by atoms with van der Waals surface area (Å²) in [6.45, 7) is 3.20. The van der Waals surface area contributed by atoms with Crippen molar-refractivity contribution in [2.75, 3.05) is 18.0 Å². The lowest BCUT2D eigenvalue weighted by molar-refractivity contribution is 0.0300. The summed E-state index contributed by atoms with van der Waals surface area (Å²) in [6, 6.07) is 0. The molecule has 1 N–H and O–H groups in total. The molecule has 2 fully saturated rings. The van der Waals surface area contributed by atoms with Crippen LogP contribution >= 0.6 is 0 Å². The van der Waals surface area contributed by atoms with E-state index in [9.17, 15) is 9.90 Å². The maximum Gasteiger partial charge on any atom is 0.341 e. The summed E-state index contributed by atoms with van der Waals surface area (Å²) in [5.41, 5.74) is 0.168. The normalized spacial score (nSPS) is 26.4. The second-order valence-electron chi connectivity index (χ2n) is 4.82. The summed E-state index contributed by atoms with van der Waals surface area (Å²) < 4.78 is 5.75. The molecule has 3 heterocycles. The van der Waals surface area contributed by atoms with Crippen LogP contribution in [0.15, 0.2) is 6.20 Å². The number of morpholine rings is 1. The number of carboxylic acids is 1. The van der Waals surface area contributed by atoms with E-state index in [4.69, 9.17) is 4.74 Å². The highest BCUT2D eigenvalue weighted by Gasteiger charge is 2.35. The van der Waals surface area contributed by atoms with E-state index in [0.717, 1.165) is 12.8 Å². The highest BCUT2D eigenvalue weighted by Crippen LogP contribution is 2.30. The first-order valence-corrected chi connectivity index (χ1v) is 6.11. The number of aromatic carboxylic acids is 1. The number of fused-ring (bicyclic) bond motifs is 2. The van der Waals surface area contributed by atoms with Crippen molar-refractivity contribution in [1.29, 1.82) is 0 Å². The molecule has 96 valence electrons. The molecule has 0 spiro atoms. The van der Waals surface area contributed by atoms with Crippen molar-refractivity contribution in [3.05, 3.63) is 17.6 Å². The van der Waals surface area contributed by atoms with Gasteiger partial charge in [-0.15, -0.1) is 0 Å². The van der Waals surface area contributed by atoms with Crippen molar-refractivity contribution >= 4 is 11.8 Å². The summed E-state index contributed by atoms with van der Waals surface area (Å²) in [5.74, 6) is 0.132. The Hall–Kier alpha value is -1.69. The number of aryl methyl sites for hydroxylation is 1. The number of anilines is 1. The van der Waals surface area contributed by atoms with Crippen LogP contribution in [0.4, 0.5) is 5.82 Å². The van der Waals surface area contributed by atoms with Crippen LogP contribution in [0.3, 0.4) is 0 Å². The van der Waals surface area contributed by atoms with Crippen molar-refractivity contribution in [2.24, 2.45) is 0 Å². The predicted molar refractivity (Wildman–Crippen MR) is 63.8 cm³/mol. The van der Waals surface area contributed by atoms with E-state index in [0.29, 0.717) is 24.7 Å². The van der Waals surface area contributed by atoms with Crippen LogP contribution in [0.1, 0.15) is 29.0 Å². The largest absolute Gasteiger partial charge is 0.477 e. The molecule has 0 amide bonds. The highest BCUT2D eigenvalue weighted by molar-refractivity contribution is 5.93. The van der Waals surface area contributed by atoms with E-state index in [1.54, 1.807) is 6.92 Å². The molecule has 1 aromatic heterocycles. The minimum Gasteiger partial charge on any atom is -0.477 e. The molecule has 3 rings (SSSR count). The lowest BCUT2D eigenvalue weighted by atomic mass is 10.2. The third kappa shape index (κ3) is 1.92. The first kappa shape index (κ1) is 11.4. The Balaban J connectivity index is 1.95. The van der Waals surface area contributed by atoms with Gasteiger partial charge < -0.3 is 14.7 Å². The van der Waals surface area contributed by atoms with E-state index in [2.05, 4.69) is 9.97 Å². The summed E-state index contributed by atoms with van der Waals surface area (Å²) in [4.78, 5) is 21.5. The summed E-state index contributed by atoms with van der Waals surface area (Å²) >= 11 is 0. The molecule has 2 aliphatic heterocycles. The van der Waals surface area contributed by atoms with Gasteiger partial charge in [0.1, 0.15) is 17.2 Å². The Morgan fingerprint density at radius 1 is 1.44 bits per heavy atom. The lowest BCUT2D eigenvalue weighted by Gasteiger charge is -2.33. The number of ether oxygens (including phenoxy) is 1. The molecule has 0 aromatic carbocycles. The number of carboxylic acid groups (broad SMARTS) is 1. The molecule has 2 aliphatic rings. The van der Waals surface area contributed by atoms with E-state index < -0.39 is 5.97 Å². The number of hydrogen-bond donors (Lipinski definition) is 1. The minimum atomic E-state index is -0.983. The molecule has 0 radical (unpaired) electrons. The van der Waals surface area contributed by atoms with Crippen LogP contribution < -0.4 is 4.90 Å². The SMILES string of the molecule is Cc1ncc(C(=O)O)c(N2CC3CCC(C2)O3)n1. The number of carbonyl (C=O) groups is 1. The molecule has 2 atom stereocenters. The van der Waals surface area contributed by atoms with Crippen LogP contribution in [0.5, 0.6) is 0 Å². The zero-order chi connectivity index (χ0) is 12.7. The molecule has 1 aromatic rings. The van der Waals surface area contributed by atoms with Gasteiger partial charge >= 0.3 is 5.97 Å². The maximum atomic E-state index is 11.2. The lowest BCUT2D eigenvalue weighted by Crippen LogP contribution is -2.43. The predicted octanol–water partition coefficient (Wildman–Crippen LogP) is 0.851. The Morgan fingerprint density at radius 3 is 2.72 bits per heavy atom. The summed E-state index contributed by atoms with van der Waals surface area (Å²) in [5, 5.41) is 9.20. The van der Waals surface area contributed by atoms with Crippen molar-refractivity contribution in [1.82, 2.24) is 9.97 Å². The number of aromatic nitrogens is 2. The quantitative estimate of drug-likeness (QED) is 0.837. The molecular weight excluding hydrogens is 234 g/mol. The number of rotatable bonds is 2. The van der Waals surface area contributed by atoms with E-state index in [1.807, 2.05) is 4.90 Å².